The Balaban J connectivity index is 1.90. The Morgan fingerprint density at radius 3 is 2.72 bits per heavy atom. The van der Waals surface area contributed by atoms with Crippen molar-refractivity contribution in [1.29, 1.82) is 0 Å². The van der Waals surface area contributed by atoms with Gasteiger partial charge in [0.1, 0.15) is 15.5 Å². The molecule has 2 aromatic heterocycles. The molecule has 1 N–H and O–H groups in total. The number of nitrogens with one attached hydrogen (secondary N) is 1. The summed E-state index contributed by atoms with van der Waals surface area (Å²) in [6.07, 6.45) is 0.781. The molecule has 0 radical (unpaired) electrons. The van der Waals surface area contributed by atoms with Crippen LogP contribution in [0.4, 0.5) is 0 Å². The molecule has 1 atom stereocenters. The third kappa shape index (κ3) is 3.18. The van der Waals surface area contributed by atoms with Gasteiger partial charge in [-0.25, -0.2) is 9.78 Å². The Kier molecular flexibility index (Phi) is 4.64. The minimum absolute atomic E-state index is 0.0358. The average molecular weight is 363 g/mol. The van der Waals surface area contributed by atoms with Crippen LogP contribution in [0.25, 0.3) is 10.2 Å². The molecule has 7 nitrogen and oxygen atoms in total. The van der Waals surface area contributed by atoms with Gasteiger partial charge < -0.3 is 10.1 Å². The number of carbonyl (C=O) groups excluding carboxylic acids is 2. The van der Waals surface area contributed by atoms with Gasteiger partial charge in [0, 0.05) is 19.0 Å². The van der Waals surface area contributed by atoms with Crippen molar-refractivity contribution >= 4 is 33.4 Å². The second-order valence-corrected chi connectivity index (χ2v) is 7.53. The largest absolute Gasteiger partial charge is 0.448 e. The molecule has 1 aliphatic rings. The van der Waals surface area contributed by atoms with E-state index in [4.69, 9.17) is 4.74 Å². The van der Waals surface area contributed by atoms with Gasteiger partial charge in [-0.15, -0.1) is 11.3 Å². The molecule has 8 heteroatoms. The third-order valence-electron chi connectivity index (χ3n) is 4.18. The second kappa shape index (κ2) is 6.59. The summed E-state index contributed by atoms with van der Waals surface area (Å²) in [4.78, 5) is 42.4. The predicted molar refractivity (Wildman–Crippen MR) is 95.1 cm³/mol. The Morgan fingerprint density at radius 1 is 1.32 bits per heavy atom. The molecule has 25 heavy (non-hydrogen) atoms. The zero-order chi connectivity index (χ0) is 18.3. The first kappa shape index (κ1) is 17.6. The van der Waals surface area contributed by atoms with E-state index in [0.717, 1.165) is 30.0 Å². The molecule has 134 valence electrons. The number of esters is 1. The van der Waals surface area contributed by atoms with E-state index in [2.05, 4.69) is 10.3 Å². The molecule has 1 aliphatic heterocycles. The molecule has 1 unspecified atom stereocenters. The van der Waals surface area contributed by atoms with Gasteiger partial charge in [-0.1, -0.05) is 0 Å². The SMILES string of the molecule is Cc1c(C(=O)OC(C)C(=O)NC(C)C)sc2nc3n(c(=O)c12)CCC3. The van der Waals surface area contributed by atoms with E-state index < -0.39 is 12.1 Å². The van der Waals surface area contributed by atoms with E-state index in [1.165, 1.54) is 6.92 Å². The molecule has 0 aliphatic carbocycles. The lowest BCUT2D eigenvalue weighted by Gasteiger charge is -2.15. The van der Waals surface area contributed by atoms with Crippen LogP contribution in [-0.2, 0) is 22.5 Å². The Labute approximate surface area is 149 Å². The monoisotopic (exact) mass is 363 g/mol. The molecule has 0 fully saturated rings. The summed E-state index contributed by atoms with van der Waals surface area (Å²) >= 11 is 1.15. The fourth-order valence-corrected chi connectivity index (χ4v) is 4.01. The van der Waals surface area contributed by atoms with Crippen molar-refractivity contribution in [2.24, 2.45) is 0 Å². The van der Waals surface area contributed by atoms with Gasteiger partial charge in [0.15, 0.2) is 6.10 Å². The first-order valence-electron chi connectivity index (χ1n) is 8.33. The van der Waals surface area contributed by atoms with Crippen LogP contribution in [0.15, 0.2) is 4.79 Å². The van der Waals surface area contributed by atoms with Crippen LogP contribution in [0.5, 0.6) is 0 Å². The Morgan fingerprint density at radius 2 is 2.04 bits per heavy atom. The molecule has 1 amide bonds. The molecule has 3 rings (SSSR count). The fourth-order valence-electron chi connectivity index (χ4n) is 2.94. The number of rotatable bonds is 4. The number of carbonyl (C=O) groups is 2. The topological polar surface area (TPSA) is 90.3 Å². The molecule has 0 aromatic carbocycles. The highest BCUT2D eigenvalue weighted by Crippen LogP contribution is 2.29. The minimum Gasteiger partial charge on any atom is -0.448 e. The average Bonchev–Trinajstić information content (AvgIpc) is 3.12. The fraction of sp³-hybridized carbons (Fsp3) is 0.529. The van der Waals surface area contributed by atoms with Crippen molar-refractivity contribution in [2.75, 3.05) is 0 Å². The van der Waals surface area contributed by atoms with Crippen LogP contribution < -0.4 is 10.9 Å². The third-order valence-corrected chi connectivity index (χ3v) is 5.35. The molecule has 0 saturated heterocycles. The number of hydrogen-bond donors (Lipinski definition) is 1. The second-order valence-electron chi connectivity index (χ2n) is 6.54. The summed E-state index contributed by atoms with van der Waals surface area (Å²) in [5.41, 5.74) is 0.470. The predicted octanol–water partition coefficient (Wildman–Crippen LogP) is 1.78. The number of hydrogen-bond acceptors (Lipinski definition) is 6. The summed E-state index contributed by atoms with van der Waals surface area (Å²) < 4.78 is 6.95. The molecule has 0 bridgehead atoms. The number of thiophene rings is 1. The van der Waals surface area contributed by atoms with Crippen molar-refractivity contribution in [2.45, 2.75) is 59.2 Å². The summed E-state index contributed by atoms with van der Waals surface area (Å²) in [6, 6.07) is -0.0358. The van der Waals surface area contributed by atoms with Gasteiger partial charge in [0.25, 0.3) is 11.5 Å². The summed E-state index contributed by atoms with van der Waals surface area (Å²) in [5, 5.41) is 3.18. The highest BCUT2D eigenvalue weighted by Gasteiger charge is 2.26. The quantitative estimate of drug-likeness (QED) is 0.836. The van der Waals surface area contributed by atoms with Crippen LogP contribution in [0.3, 0.4) is 0 Å². The summed E-state index contributed by atoms with van der Waals surface area (Å²) in [6.45, 7) is 7.58. The normalized spacial score (nSPS) is 14.6. The van der Waals surface area contributed by atoms with Crippen LogP contribution >= 0.6 is 11.3 Å². The van der Waals surface area contributed by atoms with Crippen molar-refractivity contribution in [1.82, 2.24) is 14.9 Å². The number of nitrogens with zero attached hydrogens (tertiary/aromatic N) is 2. The number of ether oxygens (including phenoxy) is 1. The lowest BCUT2D eigenvalue weighted by atomic mass is 10.2. The first-order chi connectivity index (χ1) is 11.8. The van der Waals surface area contributed by atoms with Crippen molar-refractivity contribution < 1.29 is 14.3 Å². The molecule has 3 heterocycles. The zero-order valence-electron chi connectivity index (χ0n) is 14.7. The van der Waals surface area contributed by atoms with Crippen LogP contribution in [0.1, 0.15) is 48.3 Å². The van der Waals surface area contributed by atoms with Gasteiger partial charge in [-0.2, -0.15) is 0 Å². The van der Waals surface area contributed by atoms with Crippen molar-refractivity contribution in [3.8, 4) is 0 Å². The van der Waals surface area contributed by atoms with Gasteiger partial charge in [0.05, 0.1) is 5.39 Å². The van der Waals surface area contributed by atoms with Gasteiger partial charge >= 0.3 is 5.97 Å². The summed E-state index contributed by atoms with van der Waals surface area (Å²) in [5.74, 6) is -0.181. The lowest BCUT2D eigenvalue weighted by Crippen LogP contribution is -2.39. The lowest BCUT2D eigenvalue weighted by molar-refractivity contribution is -0.129. The number of aromatic nitrogens is 2. The molecule has 2 aromatic rings. The smallest absolute Gasteiger partial charge is 0.349 e. The van der Waals surface area contributed by atoms with Crippen LogP contribution in [-0.4, -0.2) is 33.6 Å². The van der Waals surface area contributed by atoms with E-state index in [9.17, 15) is 14.4 Å². The van der Waals surface area contributed by atoms with Gasteiger partial charge in [0.2, 0.25) is 0 Å². The maximum atomic E-state index is 12.6. The molecular formula is C17H21N3O4S. The summed E-state index contributed by atoms with van der Waals surface area (Å²) in [7, 11) is 0. The van der Waals surface area contributed by atoms with Gasteiger partial charge in [-0.05, 0) is 39.7 Å². The Bertz CT molecular complexity index is 913. The number of amides is 1. The number of fused-ring (bicyclic) bond motifs is 2. The molecular weight excluding hydrogens is 342 g/mol. The van der Waals surface area contributed by atoms with Gasteiger partial charge in [-0.3, -0.25) is 14.2 Å². The van der Waals surface area contributed by atoms with E-state index in [-0.39, 0.29) is 17.5 Å². The Hall–Kier alpha value is -2.22. The zero-order valence-corrected chi connectivity index (χ0v) is 15.5. The number of aryl methyl sites for hydroxylation is 2. The van der Waals surface area contributed by atoms with Crippen molar-refractivity contribution in [3.05, 3.63) is 26.6 Å². The maximum absolute atomic E-state index is 12.6. The van der Waals surface area contributed by atoms with Crippen LogP contribution in [0, 0.1) is 6.92 Å². The highest BCUT2D eigenvalue weighted by atomic mass is 32.1. The van der Waals surface area contributed by atoms with Crippen LogP contribution in [0.2, 0.25) is 0 Å². The molecule has 0 spiro atoms. The first-order valence-corrected chi connectivity index (χ1v) is 9.15. The van der Waals surface area contributed by atoms with E-state index in [1.54, 1.807) is 11.5 Å². The maximum Gasteiger partial charge on any atom is 0.349 e. The standard InChI is InChI=1S/C17H21N3O4S/c1-8(2)18-14(21)10(4)24-17(23)13-9(3)12-15(25-13)19-11-6-5-7-20(11)16(12)22/h8,10H,5-7H2,1-4H3,(H,18,21). The highest BCUT2D eigenvalue weighted by molar-refractivity contribution is 7.20. The van der Waals surface area contributed by atoms with E-state index in [1.807, 2.05) is 13.8 Å². The molecule has 0 saturated carbocycles. The minimum atomic E-state index is -0.904. The van der Waals surface area contributed by atoms with Crippen molar-refractivity contribution in [3.63, 3.8) is 0 Å². The van der Waals surface area contributed by atoms with E-state index >= 15 is 0 Å². The van der Waals surface area contributed by atoms with E-state index in [0.29, 0.717) is 27.2 Å².